The Labute approximate surface area is 112 Å². The van der Waals surface area contributed by atoms with E-state index in [0.717, 1.165) is 5.75 Å². The minimum absolute atomic E-state index is 0.0139. The van der Waals surface area contributed by atoms with Crippen LogP contribution in [0.25, 0.3) is 0 Å². The summed E-state index contributed by atoms with van der Waals surface area (Å²) in [6.45, 7) is 2.89. The third-order valence-electron chi connectivity index (χ3n) is 3.06. The van der Waals surface area contributed by atoms with E-state index in [1.807, 2.05) is 12.1 Å². The molecule has 19 heavy (non-hydrogen) atoms. The second-order valence-electron chi connectivity index (χ2n) is 5.02. The molecule has 1 aliphatic rings. The van der Waals surface area contributed by atoms with E-state index in [2.05, 4.69) is 0 Å². The maximum absolute atomic E-state index is 11.7. The van der Waals surface area contributed by atoms with E-state index in [1.165, 1.54) is 0 Å². The van der Waals surface area contributed by atoms with Gasteiger partial charge in [-0.2, -0.15) is 0 Å². The van der Waals surface area contributed by atoms with Crippen LogP contribution in [0, 0.1) is 0 Å². The number of hydrogen-bond acceptors (Lipinski definition) is 4. The van der Waals surface area contributed by atoms with Crippen molar-refractivity contribution in [2.45, 2.75) is 18.9 Å². The Bertz CT molecular complexity index is 433. The molecule has 0 aromatic heterocycles. The van der Waals surface area contributed by atoms with Gasteiger partial charge in [0.2, 0.25) is 5.91 Å². The van der Waals surface area contributed by atoms with Crippen LogP contribution in [0.2, 0.25) is 0 Å². The van der Waals surface area contributed by atoms with E-state index in [0.29, 0.717) is 31.9 Å². The fraction of sp³-hybridized carbons (Fsp3) is 0.500. The second-order valence-corrected chi connectivity index (χ2v) is 5.02. The summed E-state index contributed by atoms with van der Waals surface area (Å²) in [5.41, 5.74) is -0.716. The zero-order valence-electron chi connectivity index (χ0n) is 11.3. The Kier molecular flexibility index (Phi) is 3.95. The van der Waals surface area contributed by atoms with E-state index in [1.54, 1.807) is 31.1 Å². The number of rotatable bonds is 5. The first-order chi connectivity index (χ1) is 9.00. The molecule has 1 amide bonds. The molecule has 1 aliphatic heterocycles. The second kappa shape index (κ2) is 5.48. The van der Waals surface area contributed by atoms with Gasteiger partial charge in [-0.25, -0.2) is 0 Å². The average Bonchev–Trinajstić information content (AvgIpc) is 2.36. The van der Waals surface area contributed by atoms with Gasteiger partial charge in [-0.05, 0) is 31.2 Å². The van der Waals surface area contributed by atoms with Crippen molar-refractivity contribution < 1.29 is 19.4 Å². The van der Waals surface area contributed by atoms with Gasteiger partial charge in [-0.1, -0.05) is 0 Å². The van der Waals surface area contributed by atoms with Gasteiger partial charge in [0.15, 0.2) is 0 Å². The lowest BCUT2D eigenvalue weighted by molar-refractivity contribution is -0.152. The number of nitrogens with zero attached hydrogens (tertiary/aromatic N) is 1. The highest BCUT2D eigenvalue weighted by Gasteiger charge is 2.38. The average molecular weight is 265 g/mol. The van der Waals surface area contributed by atoms with Gasteiger partial charge < -0.3 is 19.5 Å². The van der Waals surface area contributed by atoms with Gasteiger partial charge in [0.25, 0.3) is 0 Å². The number of ether oxygens (including phenoxy) is 2. The first-order valence-electron chi connectivity index (χ1n) is 6.27. The molecular formula is C14H19NO4. The third kappa shape index (κ3) is 3.61. The minimum atomic E-state index is -0.716. The SMILES string of the molecule is COc1ccc(OCCC(=O)N2CC(C)(O)C2)cc1. The lowest BCUT2D eigenvalue weighted by Crippen LogP contribution is -2.61. The van der Waals surface area contributed by atoms with Crippen molar-refractivity contribution in [3.63, 3.8) is 0 Å². The van der Waals surface area contributed by atoms with Gasteiger partial charge in [0, 0.05) is 0 Å². The van der Waals surface area contributed by atoms with Crippen LogP contribution in [-0.4, -0.2) is 48.3 Å². The van der Waals surface area contributed by atoms with E-state index < -0.39 is 5.60 Å². The fourth-order valence-electron chi connectivity index (χ4n) is 2.04. The van der Waals surface area contributed by atoms with Gasteiger partial charge >= 0.3 is 0 Å². The van der Waals surface area contributed by atoms with Crippen molar-refractivity contribution in [2.24, 2.45) is 0 Å². The first kappa shape index (κ1) is 13.7. The molecule has 0 spiro atoms. The van der Waals surface area contributed by atoms with Crippen LogP contribution >= 0.6 is 0 Å². The molecular weight excluding hydrogens is 246 g/mol. The lowest BCUT2D eigenvalue weighted by atomic mass is 9.97. The van der Waals surface area contributed by atoms with Gasteiger partial charge in [0.05, 0.1) is 38.8 Å². The highest BCUT2D eigenvalue weighted by atomic mass is 16.5. The maximum atomic E-state index is 11.7. The lowest BCUT2D eigenvalue weighted by Gasteiger charge is -2.44. The van der Waals surface area contributed by atoms with Crippen molar-refractivity contribution in [1.82, 2.24) is 4.90 Å². The standard InChI is InChI=1S/C14H19NO4/c1-14(17)9-15(10-14)13(16)7-8-19-12-5-3-11(18-2)4-6-12/h3-6,17H,7-10H2,1-2H3. The van der Waals surface area contributed by atoms with Gasteiger partial charge in [-0.15, -0.1) is 0 Å². The van der Waals surface area contributed by atoms with Gasteiger partial charge in [0.1, 0.15) is 11.5 Å². The van der Waals surface area contributed by atoms with Crippen LogP contribution in [0.4, 0.5) is 0 Å². The Hall–Kier alpha value is -1.75. The van der Waals surface area contributed by atoms with Crippen LogP contribution < -0.4 is 9.47 Å². The van der Waals surface area contributed by atoms with E-state index >= 15 is 0 Å². The summed E-state index contributed by atoms with van der Waals surface area (Å²) in [6.07, 6.45) is 0.322. The molecule has 2 rings (SSSR count). The summed E-state index contributed by atoms with van der Waals surface area (Å²) < 4.78 is 10.5. The molecule has 1 saturated heterocycles. The third-order valence-corrected chi connectivity index (χ3v) is 3.06. The number of β-amino-alcohol motifs (C(OH)–C–C–N with tert-alkyl or cyclic N) is 1. The van der Waals surface area contributed by atoms with Gasteiger partial charge in [-0.3, -0.25) is 4.79 Å². The Balaban J connectivity index is 1.70. The largest absolute Gasteiger partial charge is 0.497 e. The van der Waals surface area contributed by atoms with E-state index in [9.17, 15) is 9.90 Å². The summed E-state index contributed by atoms with van der Waals surface area (Å²) in [5.74, 6) is 1.50. The van der Waals surface area contributed by atoms with Crippen molar-refractivity contribution in [3.8, 4) is 11.5 Å². The molecule has 104 valence electrons. The summed E-state index contributed by atoms with van der Waals surface area (Å²) in [4.78, 5) is 13.4. The van der Waals surface area contributed by atoms with Crippen LogP contribution in [0.3, 0.4) is 0 Å². The topological polar surface area (TPSA) is 59.0 Å². The highest BCUT2D eigenvalue weighted by molar-refractivity contribution is 5.77. The number of hydrogen-bond donors (Lipinski definition) is 1. The Morgan fingerprint density at radius 2 is 1.89 bits per heavy atom. The molecule has 1 N–H and O–H groups in total. The predicted octanol–water partition coefficient (Wildman–Crippen LogP) is 1.06. The number of methoxy groups -OCH3 is 1. The molecule has 0 saturated carbocycles. The Morgan fingerprint density at radius 1 is 1.32 bits per heavy atom. The molecule has 5 heteroatoms. The summed E-state index contributed by atoms with van der Waals surface area (Å²) in [5, 5.41) is 9.55. The molecule has 1 fully saturated rings. The predicted molar refractivity (Wildman–Crippen MR) is 70.3 cm³/mol. The molecule has 0 bridgehead atoms. The van der Waals surface area contributed by atoms with E-state index in [4.69, 9.17) is 9.47 Å². The number of carbonyl (C=O) groups excluding carboxylic acids is 1. The summed E-state index contributed by atoms with van der Waals surface area (Å²) >= 11 is 0. The smallest absolute Gasteiger partial charge is 0.226 e. The fourth-order valence-corrected chi connectivity index (χ4v) is 2.04. The number of amides is 1. The monoisotopic (exact) mass is 265 g/mol. The van der Waals surface area contributed by atoms with Crippen LogP contribution in [0.15, 0.2) is 24.3 Å². The normalized spacial score (nSPS) is 16.7. The molecule has 0 atom stereocenters. The molecule has 1 aromatic carbocycles. The number of aliphatic hydroxyl groups is 1. The van der Waals surface area contributed by atoms with Crippen molar-refractivity contribution in [3.05, 3.63) is 24.3 Å². The Morgan fingerprint density at radius 3 is 2.42 bits per heavy atom. The summed E-state index contributed by atoms with van der Waals surface area (Å²) in [7, 11) is 1.61. The summed E-state index contributed by atoms with van der Waals surface area (Å²) in [6, 6.07) is 7.23. The molecule has 1 heterocycles. The number of carbonyl (C=O) groups is 1. The first-order valence-corrected chi connectivity index (χ1v) is 6.27. The maximum Gasteiger partial charge on any atom is 0.226 e. The zero-order valence-corrected chi connectivity index (χ0v) is 11.3. The van der Waals surface area contributed by atoms with E-state index in [-0.39, 0.29) is 5.91 Å². The molecule has 5 nitrogen and oxygen atoms in total. The van der Waals surface area contributed by atoms with Crippen molar-refractivity contribution in [1.29, 1.82) is 0 Å². The van der Waals surface area contributed by atoms with Crippen LogP contribution in [0.1, 0.15) is 13.3 Å². The molecule has 0 radical (unpaired) electrons. The quantitative estimate of drug-likeness (QED) is 0.864. The highest BCUT2D eigenvalue weighted by Crippen LogP contribution is 2.21. The molecule has 1 aromatic rings. The zero-order chi connectivity index (χ0) is 13.9. The van der Waals surface area contributed by atoms with Crippen LogP contribution in [-0.2, 0) is 4.79 Å². The van der Waals surface area contributed by atoms with Crippen molar-refractivity contribution in [2.75, 3.05) is 26.8 Å². The number of likely N-dealkylation sites (tertiary alicyclic amines) is 1. The van der Waals surface area contributed by atoms with Crippen molar-refractivity contribution >= 4 is 5.91 Å². The van der Waals surface area contributed by atoms with Crippen LogP contribution in [0.5, 0.6) is 11.5 Å². The molecule has 0 unspecified atom stereocenters. The molecule has 0 aliphatic carbocycles. The minimum Gasteiger partial charge on any atom is -0.497 e. The number of benzene rings is 1.